The molecule has 0 spiro atoms. The molecular formula is C29H35N5O3. The number of benzene rings is 2. The molecular weight excluding hydrogens is 466 g/mol. The van der Waals surface area contributed by atoms with Crippen molar-refractivity contribution in [2.75, 3.05) is 26.2 Å². The fourth-order valence-electron chi connectivity index (χ4n) is 5.23. The molecule has 4 rings (SSSR count). The van der Waals surface area contributed by atoms with Gasteiger partial charge in [-0.25, -0.2) is 9.80 Å². The van der Waals surface area contributed by atoms with Gasteiger partial charge in [0.15, 0.2) is 0 Å². The Bertz CT molecular complexity index is 1150. The number of piperazine rings is 1. The monoisotopic (exact) mass is 501 g/mol. The lowest BCUT2D eigenvalue weighted by Crippen LogP contribution is -2.77. The molecule has 0 radical (unpaired) electrons. The number of nitrogens with one attached hydrogen (secondary N) is 1. The van der Waals surface area contributed by atoms with Crippen molar-refractivity contribution in [2.45, 2.75) is 45.4 Å². The highest BCUT2D eigenvalue weighted by molar-refractivity contribution is 5.91. The first-order valence-electron chi connectivity index (χ1n) is 12.8. The Morgan fingerprint density at radius 1 is 1.05 bits per heavy atom. The van der Waals surface area contributed by atoms with Crippen molar-refractivity contribution in [1.29, 1.82) is 0 Å². The number of hydrogen-bond acceptors (Lipinski definition) is 4. The number of carbonyl (C=O) groups excluding carboxylic acids is 3. The zero-order valence-electron chi connectivity index (χ0n) is 21.7. The number of hydrogen-bond donors (Lipinski definition) is 1. The van der Waals surface area contributed by atoms with E-state index < -0.39 is 12.2 Å². The molecule has 2 aliphatic rings. The van der Waals surface area contributed by atoms with Gasteiger partial charge in [0.25, 0.3) is 0 Å². The van der Waals surface area contributed by atoms with E-state index in [0.29, 0.717) is 13.1 Å². The van der Waals surface area contributed by atoms with Crippen molar-refractivity contribution >= 4 is 17.8 Å². The van der Waals surface area contributed by atoms with Crippen LogP contribution in [0.3, 0.4) is 0 Å². The Balaban J connectivity index is 1.63. The molecule has 37 heavy (non-hydrogen) atoms. The van der Waals surface area contributed by atoms with Crippen LogP contribution in [0.1, 0.15) is 37.8 Å². The lowest BCUT2D eigenvalue weighted by atomic mass is 9.94. The Labute approximate surface area is 219 Å². The maximum Gasteiger partial charge on any atom is 0.334 e. The SMILES string of the molecule is C#CCN1CC(=O)N2[C@@H](C(C)C)C(=O)N(CC(C)c3ccccc3)C[C@@H]2N1C(=O)NCc1ccccc1. The number of urea groups is 1. The van der Waals surface area contributed by atoms with E-state index in [-0.39, 0.29) is 49.3 Å². The first kappa shape index (κ1) is 26.2. The zero-order valence-corrected chi connectivity index (χ0v) is 21.7. The number of carbonyl (C=O) groups is 3. The second-order valence-corrected chi connectivity index (χ2v) is 10.0. The molecule has 8 heteroatoms. The maximum atomic E-state index is 13.7. The van der Waals surface area contributed by atoms with Gasteiger partial charge in [-0.15, -0.1) is 6.42 Å². The predicted molar refractivity (Wildman–Crippen MR) is 142 cm³/mol. The lowest BCUT2D eigenvalue weighted by Gasteiger charge is -2.55. The van der Waals surface area contributed by atoms with Crippen LogP contribution in [0.4, 0.5) is 4.79 Å². The van der Waals surface area contributed by atoms with Crippen molar-refractivity contribution in [1.82, 2.24) is 25.1 Å². The standard InChI is InChI=1S/C29H35N5O3/c1-5-16-32-20-26(35)33-25(34(32)29(37)30-17-23-12-8-6-9-13-23)19-31(28(36)27(33)21(2)3)18-22(4)24-14-10-7-11-15-24/h1,6-15,21-22,25,27H,16-20H2,2-4H3,(H,30,37)/t22?,25-,27-/m0/s1. The summed E-state index contributed by atoms with van der Waals surface area (Å²) in [5, 5.41) is 6.13. The highest BCUT2D eigenvalue weighted by atomic mass is 16.2. The van der Waals surface area contributed by atoms with Crippen LogP contribution < -0.4 is 5.32 Å². The Morgan fingerprint density at radius 2 is 1.70 bits per heavy atom. The van der Waals surface area contributed by atoms with E-state index in [1.807, 2.05) is 74.5 Å². The summed E-state index contributed by atoms with van der Waals surface area (Å²) in [6, 6.07) is 18.6. The van der Waals surface area contributed by atoms with E-state index in [4.69, 9.17) is 6.42 Å². The average molecular weight is 502 g/mol. The summed E-state index contributed by atoms with van der Waals surface area (Å²) in [4.78, 5) is 44.0. The van der Waals surface area contributed by atoms with Crippen LogP contribution in [-0.4, -0.2) is 76.0 Å². The van der Waals surface area contributed by atoms with Gasteiger partial charge in [0, 0.05) is 13.1 Å². The predicted octanol–water partition coefficient (Wildman–Crippen LogP) is 2.89. The lowest BCUT2D eigenvalue weighted by molar-refractivity contribution is -0.191. The molecule has 194 valence electrons. The Morgan fingerprint density at radius 3 is 2.32 bits per heavy atom. The molecule has 2 aromatic carbocycles. The zero-order chi connectivity index (χ0) is 26.5. The third-order valence-electron chi connectivity index (χ3n) is 7.02. The van der Waals surface area contributed by atoms with Crippen LogP contribution in [0.15, 0.2) is 60.7 Å². The van der Waals surface area contributed by atoms with Crippen molar-refractivity contribution in [3.63, 3.8) is 0 Å². The second-order valence-electron chi connectivity index (χ2n) is 10.0. The van der Waals surface area contributed by atoms with Crippen molar-refractivity contribution in [3.05, 3.63) is 71.8 Å². The number of rotatable bonds is 7. The molecule has 8 nitrogen and oxygen atoms in total. The van der Waals surface area contributed by atoms with Gasteiger partial charge in [0.05, 0.1) is 19.6 Å². The van der Waals surface area contributed by atoms with E-state index in [1.165, 1.54) is 0 Å². The van der Waals surface area contributed by atoms with Crippen LogP contribution in [0.25, 0.3) is 0 Å². The van der Waals surface area contributed by atoms with Crippen molar-refractivity contribution in [2.24, 2.45) is 5.92 Å². The van der Waals surface area contributed by atoms with Gasteiger partial charge in [-0.1, -0.05) is 87.4 Å². The topological polar surface area (TPSA) is 76.2 Å². The van der Waals surface area contributed by atoms with E-state index >= 15 is 0 Å². The number of terminal acetylenes is 1. The fourth-order valence-corrected chi connectivity index (χ4v) is 5.23. The smallest absolute Gasteiger partial charge is 0.334 e. The molecule has 4 amide bonds. The molecule has 2 saturated heterocycles. The van der Waals surface area contributed by atoms with Gasteiger partial charge < -0.3 is 15.1 Å². The normalized spacial score (nSPS) is 21.0. The number of nitrogens with zero attached hydrogens (tertiary/aromatic N) is 4. The molecule has 2 aliphatic heterocycles. The third kappa shape index (κ3) is 5.62. The van der Waals surface area contributed by atoms with Gasteiger partial charge in [0.2, 0.25) is 11.8 Å². The number of fused-ring (bicyclic) bond motifs is 1. The quantitative estimate of drug-likeness (QED) is 0.592. The highest BCUT2D eigenvalue weighted by Crippen LogP contribution is 2.31. The van der Waals surface area contributed by atoms with Gasteiger partial charge in [-0.2, -0.15) is 5.01 Å². The van der Waals surface area contributed by atoms with Crippen LogP contribution in [0, 0.1) is 18.3 Å². The number of amides is 4. The molecule has 1 unspecified atom stereocenters. The summed E-state index contributed by atoms with van der Waals surface area (Å²) >= 11 is 0. The van der Waals surface area contributed by atoms with E-state index in [0.717, 1.165) is 11.1 Å². The minimum atomic E-state index is -0.661. The van der Waals surface area contributed by atoms with E-state index in [2.05, 4.69) is 18.2 Å². The van der Waals surface area contributed by atoms with Crippen LogP contribution in [0.2, 0.25) is 0 Å². The van der Waals surface area contributed by atoms with E-state index in [9.17, 15) is 14.4 Å². The highest BCUT2D eigenvalue weighted by Gasteiger charge is 2.52. The molecule has 0 aliphatic carbocycles. The van der Waals surface area contributed by atoms with Gasteiger partial charge in [0.1, 0.15) is 12.2 Å². The summed E-state index contributed by atoms with van der Waals surface area (Å²) in [5.41, 5.74) is 2.09. The van der Waals surface area contributed by atoms with E-state index in [1.54, 1.807) is 19.8 Å². The Kier molecular flexibility index (Phi) is 8.14. The second kappa shape index (κ2) is 11.5. The van der Waals surface area contributed by atoms with Crippen molar-refractivity contribution in [3.8, 4) is 12.3 Å². The van der Waals surface area contributed by atoms with Gasteiger partial charge in [-0.05, 0) is 23.0 Å². The van der Waals surface area contributed by atoms with Crippen molar-refractivity contribution < 1.29 is 14.4 Å². The Hall–Kier alpha value is -3.83. The minimum absolute atomic E-state index is 0.0592. The summed E-state index contributed by atoms with van der Waals surface area (Å²) in [6.07, 6.45) is 4.96. The van der Waals surface area contributed by atoms with Crippen LogP contribution in [-0.2, 0) is 16.1 Å². The summed E-state index contributed by atoms with van der Waals surface area (Å²) in [6.45, 7) is 7.04. The minimum Gasteiger partial charge on any atom is -0.336 e. The van der Waals surface area contributed by atoms with Gasteiger partial charge >= 0.3 is 6.03 Å². The molecule has 2 fully saturated rings. The molecule has 0 bridgehead atoms. The molecule has 2 heterocycles. The molecule has 0 saturated carbocycles. The molecule has 1 N–H and O–H groups in total. The summed E-state index contributed by atoms with van der Waals surface area (Å²) < 4.78 is 0. The molecule has 0 aromatic heterocycles. The fraction of sp³-hybridized carbons (Fsp3) is 0.414. The summed E-state index contributed by atoms with van der Waals surface area (Å²) in [7, 11) is 0. The third-order valence-corrected chi connectivity index (χ3v) is 7.02. The molecule has 3 atom stereocenters. The van der Waals surface area contributed by atoms with Crippen LogP contribution >= 0.6 is 0 Å². The molecule has 2 aromatic rings. The largest absolute Gasteiger partial charge is 0.336 e. The number of hydrazine groups is 1. The summed E-state index contributed by atoms with van der Waals surface area (Å²) in [5.74, 6) is 2.25. The first-order chi connectivity index (χ1) is 17.8. The average Bonchev–Trinajstić information content (AvgIpc) is 2.89. The first-order valence-corrected chi connectivity index (χ1v) is 12.8. The van der Waals surface area contributed by atoms with Crippen LogP contribution in [0.5, 0.6) is 0 Å². The maximum absolute atomic E-state index is 13.7. The van der Waals surface area contributed by atoms with Gasteiger partial charge in [-0.3, -0.25) is 9.59 Å².